The van der Waals surface area contributed by atoms with Crippen LogP contribution in [0.5, 0.6) is 0 Å². The molecular weight excluding hydrogens is 300 g/mol. The number of benzene rings is 2. The van der Waals surface area contributed by atoms with Gasteiger partial charge < -0.3 is 0 Å². The van der Waals surface area contributed by atoms with Crippen molar-refractivity contribution >= 4 is 18.2 Å². The average Bonchev–Trinajstić information content (AvgIpc) is 2.42. The maximum atomic E-state index is 13.6. The fourth-order valence-corrected chi connectivity index (χ4v) is 1.72. The van der Waals surface area contributed by atoms with E-state index in [9.17, 15) is 30.7 Å². The van der Waals surface area contributed by atoms with Crippen LogP contribution in [0.4, 0.5) is 30.7 Å². The van der Waals surface area contributed by atoms with Crippen molar-refractivity contribution in [3.63, 3.8) is 0 Å². The van der Waals surface area contributed by atoms with E-state index in [0.717, 1.165) is 6.92 Å². The van der Waals surface area contributed by atoms with Crippen molar-refractivity contribution in [2.24, 2.45) is 0 Å². The predicted molar refractivity (Wildman–Crippen MR) is 62.3 cm³/mol. The molecule has 1 radical (unpaired) electrons. The predicted octanol–water partition coefficient (Wildman–Crippen LogP) is 2.62. The molecule has 0 amide bonds. The highest BCUT2D eigenvalue weighted by Gasteiger charge is 2.24. The highest BCUT2D eigenvalue weighted by Crippen LogP contribution is 2.13. The molecule has 0 spiro atoms. The zero-order chi connectivity index (χ0) is 15.9. The van der Waals surface area contributed by atoms with Crippen molar-refractivity contribution in [2.45, 2.75) is 6.92 Å². The van der Waals surface area contributed by atoms with Gasteiger partial charge in [0.15, 0.2) is 34.9 Å². The Labute approximate surface area is 115 Å². The summed E-state index contributed by atoms with van der Waals surface area (Å²) in [5, 5.41) is 0. The van der Waals surface area contributed by atoms with Crippen molar-refractivity contribution in [1.82, 2.24) is 0 Å². The summed E-state index contributed by atoms with van der Waals surface area (Å²) in [5.41, 5.74) is -2.84. The van der Waals surface area contributed by atoms with Gasteiger partial charge in [-0.1, -0.05) is 0 Å². The molecule has 2 rings (SSSR count). The lowest BCUT2D eigenvalue weighted by atomic mass is 9.62. The first-order valence-corrected chi connectivity index (χ1v) is 5.55. The largest absolute Gasteiger partial charge is 0.207 e. The number of rotatable bonds is 2. The standard InChI is InChI=1S/C13H5BF7/c1-4-2-5(15)8(13(21)10(4)18)14-9-11(19)6(16)3-7(17)12(9)20/h2-3H,1H3. The van der Waals surface area contributed by atoms with Crippen LogP contribution in [-0.2, 0) is 0 Å². The highest BCUT2D eigenvalue weighted by atomic mass is 19.2. The van der Waals surface area contributed by atoms with Gasteiger partial charge in [0.25, 0.3) is 0 Å². The van der Waals surface area contributed by atoms with E-state index >= 15 is 0 Å². The Morgan fingerprint density at radius 1 is 0.619 bits per heavy atom. The second-order valence-corrected chi connectivity index (χ2v) is 4.24. The second kappa shape index (κ2) is 5.42. The van der Waals surface area contributed by atoms with Gasteiger partial charge in [0.1, 0.15) is 5.82 Å². The van der Waals surface area contributed by atoms with Crippen LogP contribution in [0.3, 0.4) is 0 Å². The molecule has 2 aromatic carbocycles. The topological polar surface area (TPSA) is 0 Å². The third-order valence-electron chi connectivity index (χ3n) is 2.81. The normalized spacial score (nSPS) is 10.9. The van der Waals surface area contributed by atoms with Gasteiger partial charge in [0, 0.05) is 6.07 Å². The van der Waals surface area contributed by atoms with Crippen molar-refractivity contribution in [3.05, 3.63) is 58.4 Å². The van der Waals surface area contributed by atoms with E-state index in [1.165, 1.54) is 0 Å². The molecule has 0 nitrogen and oxygen atoms in total. The van der Waals surface area contributed by atoms with Crippen LogP contribution in [0.25, 0.3) is 0 Å². The van der Waals surface area contributed by atoms with Gasteiger partial charge >= 0.3 is 0 Å². The lowest BCUT2D eigenvalue weighted by Gasteiger charge is -2.09. The summed E-state index contributed by atoms with van der Waals surface area (Å²) in [5.74, 6) is -11.6. The van der Waals surface area contributed by atoms with Crippen molar-refractivity contribution < 1.29 is 30.7 Å². The fraction of sp³-hybridized carbons (Fsp3) is 0.0769. The minimum atomic E-state index is -1.84. The second-order valence-electron chi connectivity index (χ2n) is 4.24. The summed E-state index contributed by atoms with van der Waals surface area (Å²) in [7, 11) is 0.171. The first-order valence-electron chi connectivity index (χ1n) is 5.55. The van der Waals surface area contributed by atoms with Gasteiger partial charge in [-0.2, -0.15) is 0 Å². The molecule has 109 valence electrons. The summed E-state index contributed by atoms with van der Waals surface area (Å²) >= 11 is 0. The third-order valence-corrected chi connectivity index (χ3v) is 2.81. The molecule has 0 aliphatic heterocycles. The van der Waals surface area contributed by atoms with Gasteiger partial charge in [-0.15, -0.1) is 0 Å². The summed E-state index contributed by atoms with van der Waals surface area (Å²) in [6.07, 6.45) is 0. The monoisotopic (exact) mass is 305 g/mol. The Kier molecular flexibility index (Phi) is 3.98. The van der Waals surface area contributed by atoms with Gasteiger partial charge in [0.05, 0.1) is 0 Å². The Bertz CT molecular complexity index is 701. The van der Waals surface area contributed by atoms with Crippen LogP contribution in [0.15, 0.2) is 12.1 Å². The zero-order valence-corrected chi connectivity index (χ0v) is 10.4. The minimum Gasteiger partial charge on any atom is -0.207 e. The van der Waals surface area contributed by atoms with E-state index in [1.807, 2.05) is 0 Å². The van der Waals surface area contributed by atoms with E-state index in [4.69, 9.17) is 0 Å². The Balaban J connectivity index is 2.62. The number of hydrogen-bond acceptors (Lipinski definition) is 0. The first kappa shape index (κ1) is 15.4. The van der Waals surface area contributed by atoms with Crippen molar-refractivity contribution in [3.8, 4) is 0 Å². The maximum absolute atomic E-state index is 13.6. The van der Waals surface area contributed by atoms with E-state index in [2.05, 4.69) is 0 Å². The molecule has 8 heteroatoms. The van der Waals surface area contributed by atoms with Gasteiger partial charge in [-0.3, -0.25) is 0 Å². The molecule has 0 aliphatic rings. The van der Waals surface area contributed by atoms with E-state index < -0.39 is 51.6 Å². The summed E-state index contributed by atoms with van der Waals surface area (Å²) in [4.78, 5) is 0. The fourth-order valence-electron chi connectivity index (χ4n) is 1.72. The molecule has 0 saturated heterocycles. The number of hydrogen-bond donors (Lipinski definition) is 0. The van der Waals surface area contributed by atoms with Gasteiger partial charge in [0.2, 0.25) is 7.28 Å². The van der Waals surface area contributed by atoms with Crippen LogP contribution in [0.2, 0.25) is 0 Å². The van der Waals surface area contributed by atoms with E-state index in [-0.39, 0.29) is 18.9 Å². The van der Waals surface area contributed by atoms with E-state index in [1.54, 1.807) is 0 Å². The summed E-state index contributed by atoms with van der Waals surface area (Å²) in [6.45, 7) is 1.08. The van der Waals surface area contributed by atoms with E-state index in [0.29, 0.717) is 6.07 Å². The summed E-state index contributed by atoms with van der Waals surface area (Å²) < 4.78 is 93.4. The zero-order valence-electron chi connectivity index (χ0n) is 10.4. The van der Waals surface area contributed by atoms with Crippen molar-refractivity contribution in [2.75, 3.05) is 0 Å². The van der Waals surface area contributed by atoms with Crippen molar-refractivity contribution in [1.29, 1.82) is 0 Å². The Hall–Kier alpha value is -1.99. The first-order chi connectivity index (χ1) is 9.73. The molecule has 0 atom stereocenters. The Morgan fingerprint density at radius 2 is 1.14 bits per heavy atom. The lowest BCUT2D eigenvalue weighted by Crippen LogP contribution is -2.38. The summed E-state index contributed by atoms with van der Waals surface area (Å²) in [6, 6.07) is 0.542. The molecule has 0 heterocycles. The highest BCUT2D eigenvalue weighted by molar-refractivity contribution is 6.67. The maximum Gasteiger partial charge on any atom is 0.207 e. The smallest absolute Gasteiger partial charge is 0.207 e. The quantitative estimate of drug-likeness (QED) is 0.454. The molecule has 0 saturated carbocycles. The van der Waals surface area contributed by atoms with Crippen LogP contribution >= 0.6 is 0 Å². The average molecular weight is 305 g/mol. The molecule has 21 heavy (non-hydrogen) atoms. The molecule has 0 unspecified atom stereocenters. The van der Waals surface area contributed by atoms with Crippen LogP contribution in [-0.4, -0.2) is 7.28 Å². The number of aryl methyl sites for hydroxylation is 1. The van der Waals surface area contributed by atoms with Crippen LogP contribution in [0.1, 0.15) is 5.56 Å². The third kappa shape index (κ3) is 2.62. The van der Waals surface area contributed by atoms with Gasteiger partial charge in [-0.05, 0) is 29.5 Å². The molecule has 0 aliphatic carbocycles. The number of halogens is 7. The molecular formula is C13H5BF7. The molecule has 0 fully saturated rings. The van der Waals surface area contributed by atoms with Gasteiger partial charge in [-0.25, -0.2) is 30.7 Å². The minimum absolute atomic E-state index is 0.0511. The SMILES string of the molecule is Cc1cc(F)c([B]c2c(F)c(F)cc(F)c2F)c(F)c1F. The molecule has 2 aromatic rings. The van der Waals surface area contributed by atoms with Crippen LogP contribution in [0, 0.1) is 47.6 Å². The van der Waals surface area contributed by atoms with Crippen LogP contribution < -0.4 is 10.9 Å². The molecule has 0 N–H and O–H groups in total. The molecule has 0 aromatic heterocycles. The Morgan fingerprint density at radius 3 is 1.67 bits per heavy atom. The lowest BCUT2D eigenvalue weighted by molar-refractivity contribution is 0.463. The molecule has 0 bridgehead atoms.